The number of aryl methyl sites for hydroxylation is 1. The number of piperazine rings is 1. The van der Waals surface area contributed by atoms with Crippen LogP contribution in [0.1, 0.15) is 12.8 Å². The lowest BCUT2D eigenvalue weighted by molar-refractivity contribution is 0.414. The molecule has 3 aromatic rings. The number of hydrogen-bond donors (Lipinski definition) is 2. The largest absolute Gasteiger partial charge is 0.507 e. The molecule has 2 aromatic heterocycles. The SMILES string of the molecule is Cl.Cl.Cn1cc(-c2ccc(-c3cnc(N4CCN[C@@H](C5CC5)C4)nn3)c(O)c2)cn1. The number of halogens is 2. The van der Waals surface area contributed by atoms with Crippen molar-refractivity contribution >= 4 is 30.8 Å². The fourth-order valence-electron chi connectivity index (χ4n) is 3.81. The van der Waals surface area contributed by atoms with Crippen molar-refractivity contribution in [1.82, 2.24) is 30.3 Å². The molecule has 0 bridgehead atoms. The van der Waals surface area contributed by atoms with Crippen LogP contribution in [0.15, 0.2) is 36.8 Å². The molecule has 5 rings (SSSR count). The highest BCUT2D eigenvalue weighted by molar-refractivity contribution is 5.85. The van der Waals surface area contributed by atoms with E-state index in [1.807, 2.05) is 25.4 Å². The molecule has 0 spiro atoms. The molecule has 0 radical (unpaired) electrons. The Morgan fingerprint density at radius 3 is 2.57 bits per heavy atom. The summed E-state index contributed by atoms with van der Waals surface area (Å²) in [7, 11) is 1.87. The highest BCUT2D eigenvalue weighted by Gasteiger charge is 2.34. The Morgan fingerprint density at radius 1 is 1.10 bits per heavy atom. The van der Waals surface area contributed by atoms with Gasteiger partial charge in [0.2, 0.25) is 5.95 Å². The minimum Gasteiger partial charge on any atom is -0.507 e. The molecule has 2 N–H and O–H groups in total. The molecule has 1 saturated carbocycles. The summed E-state index contributed by atoms with van der Waals surface area (Å²) in [5, 5.41) is 26.9. The van der Waals surface area contributed by atoms with Gasteiger partial charge in [0.05, 0.1) is 12.4 Å². The summed E-state index contributed by atoms with van der Waals surface area (Å²) in [5.74, 6) is 1.61. The van der Waals surface area contributed by atoms with Crippen LogP contribution < -0.4 is 10.2 Å². The van der Waals surface area contributed by atoms with E-state index < -0.39 is 0 Å². The van der Waals surface area contributed by atoms with E-state index in [-0.39, 0.29) is 30.6 Å². The fourth-order valence-corrected chi connectivity index (χ4v) is 3.81. The lowest BCUT2D eigenvalue weighted by Crippen LogP contribution is -2.52. The molecule has 0 amide bonds. The number of hydrogen-bond acceptors (Lipinski definition) is 7. The Kier molecular flexibility index (Phi) is 6.80. The van der Waals surface area contributed by atoms with E-state index in [0.29, 0.717) is 23.2 Å². The molecule has 1 saturated heterocycles. The summed E-state index contributed by atoms with van der Waals surface area (Å²) >= 11 is 0. The molecule has 1 atom stereocenters. The van der Waals surface area contributed by atoms with Crippen molar-refractivity contribution in [1.29, 1.82) is 0 Å². The van der Waals surface area contributed by atoms with Crippen molar-refractivity contribution in [2.45, 2.75) is 18.9 Å². The van der Waals surface area contributed by atoms with Crippen molar-refractivity contribution < 1.29 is 5.11 Å². The van der Waals surface area contributed by atoms with Crippen LogP contribution >= 0.6 is 24.8 Å². The first-order valence-electron chi connectivity index (χ1n) is 9.68. The zero-order chi connectivity index (χ0) is 19.1. The van der Waals surface area contributed by atoms with Crippen molar-refractivity contribution in [2.75, 3.05) is 24.5 Å². The number of benzene rings is 1. The van der Waals surface area contributed by atoms with Crippen LogP contribution in [-0.2, 0) is 7.05 Å². The average molecular weight is 450 g/mol. The Labute approximate surface area is 187 Å². The van der Waals surface area contributed by atoms with Gasteiger partial charge >= 0.3 is 0 Å². The van der Waals surface area contributed by atoms with Crippen molar-refractivity contribution in [2.24, 2.45) is 13.0 Å². The predicted octanol–water partition coefficient (Wildman–Crippen LogP) is 2.68. The third kappa shape index (κ3) is 4.50. The minimum atomic E-state index is 0. The second-order valence-electron chi connectivity index (χ2n) is 7.62. The Balaban J connectivity index is 0.00000128. The van der Waals surface area contributed by atoms with Gasteiger partial charge in [0.1, 0.15) is 11.4 Å². The van der Waals surface area contributed by atoms with E-state index >= 15 is 0 Å². The number of aromatic nitrogens is 5. The Morgan fingerprint density at radius 2 is 1.93 bits per heavy atom. The van der Waals surface area contributed by atoms with Crippen molar-refractivity contribution in [3.8, 4) is 28.1 Å². The van der Waals surface area contributed by atoms with E-state index in [0.717, 1.165) is 36.7 Å². The van der Waals surface area contributed by atoms with Gasteiger partial charge in [0.15, 0.2) is 0 Å². The van der Waals surface area contributed by atoms with Gasteiger partial charge in [0, 0.05) is 50.0 Å². The molecule has 2 fully saturated rings. The number of phenols is 1. The molecule has 160 valence electrons. The topological polar surface area (TPSA) is 92.0 Å². The second kappa shape index (κ2) is 9.16. The molecular formula is C20H25Cl2N7O. The standard InChI is InChI=1S/C20H23N7O.2ClH/c1-26-11-15(9-23-26)14-4-5-16(19(28)8-14)17-10-22-20(25-24-17)27-7-6-21-18(12-27)13-2-3-13;;/h4-5,8-11,13,18,21,28H,2-3,6-7,12H2,1H3;2*1H/t18-;;/m1../s1. The molecule has 1 aromatic carbocycles. The monoisotopic (exact) mass is 449 g/mol. The second-order valence-corrected chi connectivity index (χ2v) is 7.62. The number of nitrogens with zero attached hydrogens (tertiary/aromatic N) is 6. The molecule has 1 aliphatic heterocycles. The number of anilines is 1. The zero-order valence-electron chi connectivity index (χ0n) is 16.6. The summed E-state index contributed by atoms with van der Waals surface area (Å²) in [6.07, 6.45) is 8.00. The van der Waals surface area contributed by atoms with Crippen LogP contribution in [0, 0.1) is 5.92 Å². The lowest BCUT2D eigenvalue weighted by Gasteiger charge is -2.33. The maximum atomic E-state index is 10.5. The van der Waals surface area contributed by atoms with Crippen LogP contribution in [0.5, 0.6) is 5.75 Å². The molecule has 3 heterocycles. The van der Waals surface area contributed by atoms with Crippen molar-refractivity contribution in [3.63, 3.8) is 0 Å². The summed E-state index contributed by atoms with van der Waals surface area (Å²) in [6, 6.07) is 6.04. The average Bonchev–Trinajstić information content (AvgIpc) is 3.49. The number of nitrogens with one attached hydrogen (secondary N) is 1. The highest BCUT2D eigenvalue weighted by Crippen LogP contribution is 2.34. The van der Waals surface area contributed by atoms with Crippen LogP contribution in [0.25, 0.3) is 22.4 Å². The van der Waals surface area contributed by atoms with Gasteiger partial charge < -0.3 is 15.3 Å². The molecular weight excluding hydrogens is 425 g/mol. The third-order valence-electron chi connectivity index (χ3n) is 5.54. The van der Waals surface area contributed by atoms with Gasteiger partial charge in [-0.1, -0.05) is 6.07 Å². The van der Waals surface area contributed by atoms with Crippen LogP contribution in [0.2, 0.25) is 0 Å². The quantitative estimate of drug-likeness (QED) is 0.632. The summed E-state index contributed by atoms with van der Waals surface area (Å²) in [5.41, 5.74) is 3.04. The van der Waals surface area contributed by atoms with Gasteiger partial charge in [-0.15, -0.1) is 35.0 Å². The van der Waals surface area contributed by atoms with Gasteiger partial charge in [-0.25, -0.2) is 4.98 Å². The predicted molar refractivity (Wildman–Crippen MR) is 120 cm³/mol. The summed E-state index contributed by atoms with van der Waals surface area (Å²) < 4.78 is 1.73. The first-order valence-corrected chi connectivity index (χ1v) is 9.68. The van der Waals surface area contributed by atoms with E-state index in [2.05, 4.69) is 30.5 Å². The van der Waals surface area contributed by atoms with Gasteiger partial charge in [-0.2, -0.15) is 5.10 Å². The summed E-state index contributed by atoms with van der Waals surface area (Å²) in [6.45, 7) is 2.76. The fraction of sp³-hybridized carbons (Fsp3) is 0.400. The van der Waals surface area contributed by atoms with Crippen LogP contribution in [0.4, 0.5) is 5.95 Å². The first-order chi connectivity index (χ1) is 13.7. The first kappa shape index (κ1) is 22.3. The molecule has 10 heteroatoms. The van der Waals surface area contributed by atoms with Gasteiger partial charge in [-0.05, 0) is 36.5 Å². The van der Waals surface area contributed by atoms with Crippen molar-refractivity contribution in [3.05, 3.63) is 36.8 Å². The van der Waals surface area contributed by atoms with Gasteiger partial charge in [0.25, 0.3) is 0 Å². The van der Waals surface area contributed by atoms with Crippen LogP contribution in [-0.4, -0.2) is 55.7 Å². The minimum absolute atomic E-state index is 0. The Hall–Kier alpha value is -2.42. The summed E-state index contributed by atoms with van der Waals surface area (Å²) in [4.78, 5) is 6.71. The van der Waals surface area contributed by atoms with E-state index in [4.69, 9.17) is 0 Å². The van der Waals surface area contributed by atoms with E-state index in [9.17, 15) is 5.11 Å². The molecule has 2 aliphatic rings. The van der Waals surface area contributed by atoms with E-state index in [1.54, 1.807) is 23.1 Å². The zero-order valence-corrected chi connectivity index (χ0v) is 18.2. The maximum absolute atomic E-state index is 10.5. The molecule has 1 aliphatic carbocycles. The highest BCUT2D eigenvalue weighted by atomic mass is 35.5. The smallest absolute Gasteiger partial charge is 0.245 e. The number of aromatic hydroxyl groups is 1. The Bertz CT molecular complexity index is 991. The van der Waals surface area contributed by atoms with Gasteiger partial charge in [-0.3, -0.25) is 4.68 Å². The number of phenolic OH excluding ortho intramolecular Hbond substituents is 1. The number of rotatable bonds is 4. The normalized spacial score (nSPS) is 18.4. The molecule has 8 nitrogen and oxygen atoms in total. The molecule has 30 heavy (non-hydrogen) atoms. The lowest BCUT2D eigenvalue weighted by atomic mass is 10.0. The third-order valence-corrected chi connectivity index (χ3v) is 5.54. The van der Waals surface area contributed by atoms with E-state index in [1.165, 1.54) is 12.8 Å². The maximum Gasteiger partial charge on any atom is 0.245 e. The molecule has 0 unspecified atom stereocenters. The van der Waals surface area contributed by atoms with Crippen LogP contribution in [0.3, 0.4) is 0 Å².